The molecule has 7 heteroatoms. The maximum atomic E-state index is 10.4. The van der Waals surface area contributed by atoms with Crippen LogP contribution >= 0.6 is 0 Å². The summed E-state index contributed by atoms with van der Waals surface area (Å²) >= 11 is 0. The summed E-state index contributed by atoms with van der Waals surface area (Å²) in [5.41, 5.74) is 1.58. The predicted molar refractivity (Wildman–Crippen MR) is 114 cm³/mol. The minimum absolute atomic E-state index is 0.228. The van der Waals surface area contributed by atoms with E-state index in [-0.39, 0.29) is 5.92 Å². The Labute approximate surface area is 176 Å². The predicted octanol–water partition coefficient (Wildman–Crippen LogP) is 3.36. The molecule has 0 bridgehead atoms. The second-order valence-corrected chi connectivity index (χ2v) is 9.19. The number of hydrogen-bond acceptors (Lipinski definition) is 6. The second-order valence-electron chi connectivity index (χ2n) is 9.19. The topological polar surface area (TPSA) is 90.9 Å². The van der Waals surface area contributed by atoms with Crippen molar-refractivity contribution in [2.45, 2.75) is 50.5 Å². The molecule has 5 rings (SSSR count). The van der Waals surface area contributed by atoms with Crippen molar-refractivity contribution in [3.63, 3.8) is 0 Å². The van der Waals surface area contributed by atoms with Gasteiger partial charge >= 0.3 is 0 Å². The van der Waals surface area contributed by atoms with Crippen molar-refractivity contribution in [2.75, 3.05) is 18.0 Å². The van der Waals surface area contributed by atoms with Gasteiger partial charge in [-0.1, -0.05) is 0 Å². The molecule has 1 atom stereocenters. The summed E-state index contributed by atoms with van der Waals surface area (Å²) in [6, 6.07) is 8.49. The fraction of sp³-hybridized carbons (Fsp3) is 0.478. The minimum atomic E-state index is -0.688. The molecule has 1 N–H and O–H groups in total. The molecular formula is C23H26N6O. The molecule has 0 spiro atoms. The van der Waals surface area contributed by atoms with Gasteiger partial charge < -0.3 is 10.0 Å². The number of nitrogens with zero attached hydrogens (tertiary/aromatic N) is 6. The Morgan fingerprint density at radius 2 is 2.07 bits per heavy atom. The molecule has 30 heavy (non-hydrogen) atoms. The Bertz CT molecular complexity index is 1130. The number of nitriles is 1. The SMILES string of the molecule is CC(C)(O)[C@@H]1CCN(c2cc(-n3ncc4cnc(C5(C#N)CCC5)cc43)ccn2)C1. The molecule has 154 valence electrons. The van der Waals surface area contributed by atoms with Crippen LogP contribution in [0.5, 0.6) is 0 Å². The van der Waals surface area contributed by atoms with E-state index in [2.05, 4.69) is 26.0 Å². The van der Waals surface area contributed by atoms with E-state index >= 15 is 0 Å². The largest absolute Gasteiger partial charge is 0.390 e. The van der Waals surface area contributed by atoms with Crippen molar-refractivity contribution < 1.29 is 5.11 Å². The van der Waals surface area contributed by atoms with Crippen LogP contribution in [0.4, 0.5) is 5.82 Å². The highest BCUT2D eigenvalue weighted by molar-refractivity contribution is 5.80. The lowest BCUT2D eigenvalue weighted by Gasteiger charge is -2.34. The third kappa shape index (κ3) is 3.03. The third-order valence-corrected chi connectivity index (χ3v) is 6.85. The first-order valence-electron chi connectivity index (χ1n) is 10.6. The average molecular weight is 403 g/mol. The van der Waals surface area contributed by atoms with E-state index in [1.165, 1.54) is 0 Å². The van der Waals surface area contributed by atoms with E-state index in [9.17, 15) is 10.4 Å². The van der Waals surface area contributed by atoms with Crippen molar-refractivity contribution in [3.05, 3.63) is 42.5 Å². The van der Waals surface area contributed by atoms with Crippen LogP contribution in [0.3, 0.4) is 0 Å². The van der Waals surface area contributed by atoms with Crippen LogP contribution in [0, 0.1) is 17.2 Å². The summed E-state index contributed by atoms with van der Waals surface area (Å²) in [4.78, 5) is 11.4. The lowest BCUT2D eigenvalue weighted by atomic mass is 9.67. The Hall–Kier alpha value is -2.98. The van der Waals surface area contributed by atoms with Crippen LogP contribution in [0.2, 0.25) is 0 Å². The van der Waals surface area contributed by atoms with Crippen LogP contribution in [-0.2, 0) is 5.41 Å². The first kappa shape index (κ1) is 19.0. The summed E-state index contributed by atoms with van der Waals surface area (Å²) in [6.07, 6.45) is 9.20. The van der Waals surface area contributed by atoms with Gasteiger partial charge in [0.25, 0.3) is 0 Å². The molecule has 2 aliphatic rings. The van der Waals surface area contributed by atoms with Crippen LogP contribution in [0.15, 0.2) is 36.8 Å². The fourth-order valence-corrected chi connectivity index (χ4v) is 4.60. The minimum Gasteiger partial charge on any atom is -0.390 e. The van der Waals surface area contributed by atoms with Gasteiger partial charge in [0.2, 0.25) is 0 Å². The van der Waals surface area contributed by atoms with Crippen molar-refractivity contribution in [1.29, 1.82) is 5.26 Å². The van der Waals surface area contributed by atoms with Crippen molar-refractivity contribution in [1.82, 2.24) is 19.7 Å². The molecule has 1 saturated carbocycles. The lowest BCUT2D eigenvalue weighted by molar-refractivity contribution is 0.0263. The molecule has 1 aliphatic carbocycles. The Kier molecular flexibility index (Phi) is 4.30. The summed E-state index contributed by atoms with van der Waals surface area (Å²) < 4.78 is 1.90. The van der Waals surface area contributed by atoms with Crippen LogP contribution in [0.1, 0.15) is 45.2 Å². The number of anilines is 1. The highest BCUT2D eigenvalue weighted by Crippen LogP contribution is 2.42. The molecule has 0 unspecified atom stereocenters. The summed E-state index contributed by atoms with van der Waals surface area (Å²) in [5, 5.41) is 25.6. The van der Waals surface area contributed by atoms with E-state index in [1.54, 1.807) is 6.20 Å². The van der Waals surface area contributed by atoms with E-state index in [1.807, 2.05) is 49.1 Å². The summed E-state index contributed by atoms with van der Waals surface area (Å²) in [5.74, 6) is 1.12. The smallest absolute Gasteiger partial charge is 0.130 e. The van der Waals surface area contributed by atoms with Gasteiger partial charge in [-0.2, -0.15) is 10.4 Å². The molecular weight excluding hydrogens is 376 g/mol. The van der Waals surface area contributed by atoms with E-state index in [4.69, 9.17) is 0 Å². The van der Waals surface area contributed by atoms with Gasteiger partial charge in [-0.25, -0.2) is 9.67 Å². The zero-order chi connectivity index (χ0) is 20.9. The Morgan fingerprint density at radius 3 is 2.73 bits per heavy atom. The van der Waals surface area contributed by atoms with Crippen molar-refractivity contribution >= 4 is 16.7 Å². The highest BCUT2D eigenvalue weighted by atomic mass is 16.3. The van der Waals surface area contributed by atoms with E-state index in [0.29, 0.717) is 0 Å². The maximum absolute atomic E-state index is 10.4. The van der Waals surface area contributed by atoms with Gasteiger partial charge in [-0.3, -0.25) is 4.98 Å². The number of fused-ring (bicyclic) bond motifs is 1. The number of rotatable bonds is 4. The van der Waals surface area contributed by atoms with Crippen LogP contribution in [0.25, 0.3) is 16.6 Å². The third-order valence-electron chi connectivity index (χ3n) is 6.85. The number of aliphatic hydroxyl groups is 1. The van der Waals surface area contributed by atoms with Gasteiger partial charge in [0, 0.05) is 42.9 Å². The van der Waals surface area contributed by atoms with Gasteiger partial charge in [-0.15, -0.1) is 0 Å². The first-order valence-corrected chi connectivity index (χ1v) is 10.6. The molecule has 7 nitrogen and oxygen atoms in total. The first-order chi connectivity index (χ1) is 14.4. The highest BCUT2D eigenvalue weighted by Gasteiger charge is 2.40. The van der Waals surface area contributed by atoms with Crippen molar-refractivity contribution in [2.24, 2.45) is 5.92 Å². The van der Waals surface area contributed by atoms with Crippen LogP contribution < -0.4 is 4.90 Å². The van der Waals surface area contributed by atoms with Gasteiger partial charge in [0.15, 0.2) is 0 Å². The number of aromatic nitrogens is 4. The van der Waals surface area contributed by atoms with Crippen molar-refractivity contribution in [3.8, 4) is 11.8 Å². The molecule has 0 aromatic carbocycles. The lowest BCUT2D eigenvalue weighted by Crippen LogP contribution is -2.33. The molecule has 1 aliphatic heterocycles. The number of pyridine rings is 2. The zero-order valence-corrected chi connectivity index (χ0v) is 17.4. The quantitative estimate of drug-likeness (QED) is 0.720. The number of hydrogen-bond donors (Lipinski definition) is 1. The molecule has 0 radical (unpaired) electrons. The molecule has 0 amide bonds. The molecule has 3 aromatic rings. The van der Waals surface area contributed by atoms with Gasteiger partial charge in [-0.05, 0) is 51.7 Å². The second kappa shape index (κ2) is 6.78. The van der Waals surface area contributed by atoms with Crippen LogP contribution in [-0.4, -0.2) is 43.5 Å². The average Bonchev–Trinajstić information content (AvgIpc) is 3.35. The standard InChI is InChI=1S/C23H26N6O/c1-22(2,30)17-5-9-28(14-17)21-10-18(4-8-25-21)29-19-11-20(23(15-24)6-3-7-23)26-12-16(19)13-27-29/h4,8,10-13,17,30H,3,5-7,9,14H2,1-2H3/t17-/m1/s1. The fourth-order valence-electron chi connectivity index (χ4n) is 4.60. The maximum Gasteiger partial charge on any atom is 0.130 e. The van der Waals surface area contributed by atoms with E-state index < -0.39 is 11.0 Å². The van der Waals surface area contributed by atoms with E-state index in [0.717, 1.165) is 66.9 Å². The zero-order valence-electron chi connectivity index (χ0n) is 17.4. The Morgan fingerprint density at radius 1 is 1.23 bits per heavy atom. The summed E-state index contributed by atoms with van der Waals surface area (Å²) in [6.45, 7) is 5.42. The molecule has 3 aromatic heterocycles. The molecule has 2 fully saturated rings. The molecule has 4 heterocycles. The Balaban J connectivity index is 1.49. The summed E-state index contributed by atoms with van der Waals surface area (Å²) in [7, 11) is 0. The monoisotopic (exact) mass is 402 g/mol. The molecule has 1 saturated heterocycles. The van der Waals surface area contributed by atoms with Gasteiger partial charge in [0.1, 0.15) is 5.82 Å². The van der Waals surface area contributed by atoms with Gasteiger partial charge in [0.05, 0.1) is 40.2 Å². The normalized spacial score (nSPS) is 20.9.